The van der Waals surface area contributed by atoms with E-state index in [4.69, 9.17) is 9.47 Å². The number of benzene rings is 1. The Bertz CT molecular complexity index is 502. The molecule has 2 saturated heterocycles. The van der Waals surface area contributed by atoms with Gasteiger partial charge in [-0.25, -0.2) is 4.39 Å². The van der Waals surface area contributed by atoms with E-state index in [1.54, 1.807) is 12.1 Å². The normalized spacial score (nSPS) is 28.4. The Balaban J connectivity index is 1.76. The molecule has 0 amide bonds. The molecule has 0 aromatic heterocycles. The smallest absolute Gasteiger partial charge is 0.169 e. The van der Waals surface area contributed by atoms with Crippen LogP contribution in [0.4, 0.5) is 4.39 Å². The largest absolute Gasteiger partial charge is 0.494 e. The summed E-state index contributed by atoms with van der Waals surface area (Å²) in [4.78, 5) is 12.5. The van der Waals surface area contributed by atoms with Crippen molar-refractivity contribution in [2.75, 3.05) is 6.61 Å². The van der Waals surface area contributed by atoms with Crippen molar-refractivity contribution in [1.29, 1.82) is 0 Å². The SMILES string of the molecule is CCOc1ccc(C(=O)C2CC3CCC(C2)O3)c(F)c1. The zero-order valence-corrected chi connectivity index (χ0v) is 11.6. The predicted molar refractivity (Wildman–Crippen MR) is 72.5 cm³/mol. The van der Waals surface area contributed by atoms with Crippen LogP contribution in [-0.2, 0) is 4.74 Å². The van der Waals surface area contributed by atoms with E-state index >= 15 is 0 Å². The first kappa shape index (κ1) is 13.6. The first-order valence-electron chi connectivity index (χ1n) is 7.29. The Morgan fingerprint density at radius 3 is 2.65 bits per heavy atom. The lowest BCUT2D eigenvalue weighted by atomic mass is 9.88. The summed E-state index contributed by atoms with van der Waals surface area (Å²) in [6.45, 7) is 2.32. The van der Waals surface area contributed by atoms with Gasteiger partial charge in [0.2, 0.25) is 0 Å². The van der Waals surface area contributed by atoms with E-state index in [2.05, 4.69) is 0 Å². The number of carbonyl (C=O) groups excluding carboxylic acids is 1. The highest BCUT2D eigenvalue weighted by Gasteiger charge is 2.38. The second kappa shape index (κ2) is 5.52. The maximum Gasteiger partial charge on any atom is 0.169 e. The van der Waals surface area contributed by atoms with Crippen molar-refractivity contribution in [3.63, 3.8) is 0 Å². The van der Waals surface area contributed by atoms with Crippen LogP contribution in [0.3, 0.4) is 0 Å². The quantitative estimate of drug-likeness (QED) is 0.792. The Labute approximate surface area is 118 Å². The summed E-state index contributed by atoms with van der Waals surface area (Å²) in [7, 11) is 0. The lowest BCUT2D eigenvalue weighted by molar-refractivity contribution is -0.0150. The molecule has 2 unspecified atom stereocenters. The van der Waals surface area contributed by atoms with Gasteiger partial charge in [0, 0.05) is 12.0 Å². The third-order valence-corrected chi connectivity index (χ3v) is 4.18. The van der Waals surface area contributed by atoms with E-state index in [-0.39, 0.29) is 29.5 Å². The van der Waals surface area contributed by atoms with Crippen LogP contribution in [0, 0.1) is 11.7 Å². The van der Waals surface area contributed by atoms with Crippen molar-refractivity contribution < 1.29 is 18.7 Å². The fourth-order valence-corrected chi connectivity index (χ4v) is 3.24. The zero-order chi connectivity index (χ0) is 14.1. The molecule has 1 aromatic carbocycles. The van der Waals surface area contributed by atoms with Crippen LogP contribution in [0.1, 0.15) is 43.0 Å². The van der Waals surface area contributed by atoms with Crippen LogP contribution in [0.5, 0.6) is 5.75 Å². The summed E-state index contributed by atoms with van der Waals surface area (Å²) >= 11 is 0. The maximum absolute atomic E-state index is 14.1. The molecular formula is C16H19FO3. The first-order chi connectivity index (χ1) is 9.67. The van der Waals surface area contributed by atoms with Gasteiger partial charge in [0.1, 0.15) is 11.6 Å². The molecule has 3 nitrogen and oxygen atoms in total. The molecule has 0 aliphatic carbocycles. The molecule has 2 aliphatic heterocycles. The van der Waals surface area contributed by atoms with E-state index in [0.717, 1.165) is 25.7 Å². The molecule has 2 bridgehead atoms. The highest BCUT2D eigenvalue weighted by molar-refractivity contribution is 5.98. The van der Waals surface area contributed by atoms with Crippen LogP contribution >= 0.6 is 0 Å². The van der Waals surface area contributed by atoms with Gasteiger partial charge in [-0.3, -0.25) is 4.79 Å². The summed E-state index contributed by atoms with van der Waals surface area (Å²) in [6, 6.07) is 4.50. The molecule has 2 aliphatic rings. The van der Waals surface area contributed by atoms with Crippen LogP contribution in [0.2, 0.25) is 0 Å². The highest BCUT2D eigenvalue weighted by atomic mass is 19.1. The van der Waals surface area contributed by atoms with Crippen LogP contribution < -0.4 is 4.74 Å². The van der Waals surface area contributed by atoms with Gasteiger partial charge < -0.3 is 9.47 Å². The number of hydrogen-bond acceptors (Lipinski definition) is 3. The zero-order valence-electron chi connectivity index (χ0n) is 11.6. The summed E-state index contributed by atoms with van der Waals surface area (Å²) in [5.41, 5.74) is 0.180. The van der Waals surface area contributed by atoms with Gasteiger partial charge in [-0.1, -0.05) is 0 Å². The van der Waals surface area contributed by atoms with Crippen molar-refractivity contribution in [2.45, 2.75) is 44.8 Å². The third kappa shape index (κ3) is 2.57. The number of halogens is 1. The number of hydrogen-bond donors (Lipinski definition) is 0. The van der Waals surface area contributed by atoms with Gasteiger partial charge in [-0.05, 0) is 44.7 Å². The number of carbonyl (C=O) groups is 1. The Kier molecular flexibility index (Phi) is 3.74. The van der Waals surface area contributed by atoms with Crippen LogP contribution in [-0.4, -0.2) is 24.6 Å². The van der Waals surface area contributed by atoms with Crippen molar-refractivity contribution in [3.8, 4) is 5.75 Å². The minimum absolute atomic E-state index is 0.0919. The highest BCUT2D eigenvalue weighted by Crippen LogP contribution is 2.37. The van der Waals surface area contributed by atoms with Crippen molar-refractivity contribution >= 4 is 5.78 Å². The van der Waals surface area contributed by atoms with E-state index in [9.17, 15) is 9.18 Å². The number of rotatable bonds is 4. The molecule has 1 aromatic rings. The average Bonchev–Trinajstić information content (AvgIpc) is 2.77. The van der Waals surface area contributed by atoms with Gasteiger partial charge in [0.25, 0.3) is 0 Å². The molecule has 2 heterocycles. The fraction of sp³-hybridized carbons (Fsp3) is 0.562. The van der Waals surface area contributed by atoms with E-state index in [0.29, 0.717) is 12.4 Å². The first-order valence-corrected chi connectivity index (χ1v) is 7.29. The fourth-order valence-electron chi connectivity index (χ4n) is 3.24. The second-order valence-electron chi connectivity index (χ2n) is 5.56. The van der Waals surface area contributed by atoms with Gasteiger partial charge in [-0.15, -0.1) is 0 Å². The maximum atomic E-state index is 14.1. The molecule has 4 heteroatoms. The summed E-state index contributed by atoms with van der Waals surface area (Å²) in [5.74, 6) is -0.215. The molecule has 2 fully saturated rings. The number of ketones is 1. The Hall–Kier alpha value is -1.42. The van der Waals surface area contributed by atoms with Crippen LogP contribution in [0.25, 0.3) is 0 Å². The molecular weight excluding hydrogens is 259 g/mol. The minimum atomic E-state index is -0.486. The van der Waals surface area contributed by atoms with E-state index < -0.39 is 5.82 Å². The summed E-state index contributed by atoms with van der Waals surface area (Å²) in [6.07, 6.45) is 3.88. The molecule has 3 rings (SSSR count). The topological polar surface area (TPSA) is 35.5 Å². The second-order valence-corrected chi connectivity index (χ2v) is 5.56. The number of Topliss-reactive ketones (excluding diaryl/α,β-unsaturated/α-hetero) is 1. The summed E-state index contributed by atoms with van der Waals surface area (Å²) in [5, 5.41) is 0. The van der Waals surface area contributed by atoms with Gasteiger partial charge in [0.15, 0.2) is 5.78 Å². The molecule has 20 heavy (non-hydrogen) atoms. The van der Waals surface area contributed by atoms with Crippen molar-refractivity contribution in [1.82, 2.24) is 0 Å². The monoisotopic (exact) mass is 278 g/mol. The number of fused-ring (bicyclic) bond motifs is 2. The molecule has 0 radical (unpaired) electrons. The minimum Gasteiger partial charge on any atom is -0.494 e. The van der Waals surface area contributed by atoms with Crippen molar-refractivity contribution in [2.24, 2.45) is 5.92 Å². The lowest BCUT2D eigenvalue weighted by Gasteiger charge is -2.27. The molecule has 2 atom stereocenters. The van der Waals surface area contributed by atoms with Crippen molar-refractivity contribution in [3.05, 3.63) is 29.6 Å². The molecule has 0 N–H and O–H groups in total. The van der Waals surface area contributed by atoms with Crippen LogP contribution in [0.15, 0.2) is 18.2 Å². The van der Waals surface area contributed by atoms with E-state index in [1.807, 2.05) is 6.92 Å². The molecule has 0 spiro atoms. The van der Waals surface area contributed by atoms with E-state index in [1.165, 1.54) is 6.07 Å². The predicted octanol–water partition coefficient (Wildman–Crippen LogP) is 3.36. The molecule has 0 saturated carbocycles. The van der Waals surface area contributed by atoms with Gasteiger partial charge in [0.05, 0.1) is 24.4 Å². The van der Waals surface area contributed by atoms with Gasteiger partial charge >= 0.3 is 0 Å². The number of ether oxygens (including phenoxy) is 2. The lowest BCUT2D eigenvalue weighted by Crippen LogP contribution is -2.30. The third-order valence-electron chi connectivity index (χ3n) is 4.18. The molecule has 108 valence electrons. The van der Waals surface area contributed by atoms with Gasteiger partial charge in [-0.2, -0.15) is 0 Å². The Morgan fingerprint density at radius 2 is 2.05 bits per heavy atom. The standard InChI is InChI=1S/C16H19FO3/c1-2-19-11-5-6-14(15(17)9-11)16(18)10-7-12-3-4-13(8-10)20-12/h5-6,9-10,12-13H,2-4,7-8H2,1H3. The Morgan fingerprint density at radius 1 is 1.35 bits per heavy atom. The summed E-state index contributed by atoms with van der Waals surface area (Å²) < 4.78 is 25.0. The average molecular weight is 278 g/mol.